The molecule has 6 nitrogen and oxygen atoms in total. The van der Waals surface area contributed by atoms with Crippen LogP contribution in [0.1, 0.15) is 37.7 Å². The fourth-order valence-corrected chi connectivity index (χ4v) is 5.61. The van der Waals surface area contributed by atoms with E-state index in [1.165, 1.54) is 18.4 Å². The van der Waals surface area contributed by atoms with Gasteiger partial charge in [-0.05, 0) is 43.6 Å². The molecular weight excluding hydrogens is 338 g/mol. The van der Waals surface area contributed by atoms with E-state index in [9.17, 15) is 4.79 Å². The summed E-state index contributed by atoms with van der Waals surface area (Å²) in [4.78, 5) is 18.2. The zero-order valence-electron chi connectivity index (χ0n) is 15.9. The summed E-state index contributed by atoms with van der Waals surface area (Å²) in [5.74, 6) is 1.22. The molecule has 3 N–H and O–H groups in total. The normalized spacial score (nSPS) is 36.4. The number of hydrogen-bond donors (Lipinski definition) is 3. The number of nitrogens with one attached hydrogen (secondary N) is 3. The number of carbonyl (C=O) groups excluding carboxylic acids is 1. The van der Waals surface area contributed by atoms with Gasteiger partial charge in [-0.3, -0.25) is 9.69 Å². The Morgan fingerprint density at radius 2 is 1.81 bits per heavy atom. The summed E-state index contributed by atoms with van der Waals surface area (Å²) in [6.07, 6.45) is 5.47. The van der Waals surface area contributed by atoms with Crippen LogP contribution >= 0.6 is 0 Å². The largest absolute Gasteiger partial charge is 0.338 e. The number of piperidine rings is 1. The summed E-state index contributed by atoms with van der Waals surface area (Å²) in [7, 11) is 0. The van der Waals surface area contributed by atoms with Crippen LogP contribution in [0.5, 0.6) is 0 Å². The first-order valence-electron chi connectivity index (χ1n) is 10.6. The standard InChI is InChI=1S/C21H31N5O/c27-21(17-7-9-19-20(10-17)23-24-22-19)26-13-16-6-8-18(26)14-25(12-16)11-15-4-2-1-3-5-15/h1-5,16-20,22-24H,6-14H2/t16-,17?,18+,19?,20?/m0/s1. The van der Waals surface area contributed by atoms with E-state index in [-0.39, 0.29) is 5.92 Å². The van der Waals surface area contributed by atoms with Crippen molar-refractivity contribution in [1.29, 1.82) is 0 Å². The van der Waals surface area contributed by atoms with Crippen molar-refractivity contribution < 1.29 is 4.79 Å². The Balaban J connectivity index is 1.25. The van der Waals surface area contributed by atoms with E-state index in [2.05, 4.69) is 56.5 Å². The number of amides is 1. The molecule has 5 aliphatic rings. The first-order valence-corrected chi connectivity index (χ1v) is 10.6. The number of fused-ring (bicyclic) bond motifs is 5. The molecule has 6 rings (SSSR count). The number of benzene rings is 1. The summed E-state index contributed by atoms with van der Waals surface area (Å²) in [6, 6.07) is 12.0. The molecule has 4 saturated heterocycles. The fourth-order valence-electron chi connectivity index (χ4n) is 5.61. The zero-order valence-corrected chi connectivity index (χ0v) is 15.9. The van der Waals surface area contributed by atoms with Crippen LogP contribution in [0.4, 0.5) is 0 Å². The van der Waals surface area contributed by atoms with Gasteiger partial charge in [0.2, 0.25) is 5.91 Å². The SMILES string of the molecule is O=C(C1CCC2NNNC2C1)N1C[C@H]2CC[C@@H]1CN(Cc1ccccc1)C2. The molecule has 6 heteroatoms. The predicted octanol–water partition coefficient (Wildman–Crippen LogP) is 1.26. The average molecular weight is 370 g/mol. The Kier molecular flexibility index (Phi) is 4.90. The van der Waals surface area contributed by atoms with Crippen LogP contribution < -0.4 is 16.4 Å². The summed E-state index contributed by atoms with van der Waals surface area (Å²) in [5.41, 5.74) is 11.0. The molecule has 1 amide bonds. The molecule has 5 atom stereocenters. The highest BCUT2D eigenvalue weighted by Gasteiger charge is 2.42. The lowest BCUT2D eigenvalue weighted by Gasteiger charge is -2.40. The summed E-state index contributed by atoms with van der Waals surface area (Å²) in [5, 5.41) is 0. The van der Waals surface area contributed by atoms with Crippen LogP contribution in [0.15, 0.2) is 30.3 Å². The highest BCUT2D eigenvalue weighted by Crippen LogP contribution is 2.33. The molecule has 4 aliphatic heterocycles. The second-order valence-corrected chi connectivity index (χ2v) is 8.90. The van der Waals surface area contributed by atoms with Crippen LogP contribution in [0, 0.1) is 11.8 Å². The van der Waals surface area contributed by atoms with Crippen molar-refractivity contribution in [3.8, 4) is 0 Å². The third kappa shape index (κ3) is 3.63. The molecule has 4 heterocycles. The van der Waals surface area contributed by atoms with Crippen LogP contribution in [0.3, 0.4) is 0 Å². The maximum Gasteiger partial charge on any atom is 0.226 e. The molecule has 5 fully saturated rings. The first-order chi connectivity index (χ1) is 13.3. The van der Waals surface area contributed by atoms with Gasteiger partial charge in [-0.25, -0.2) is 10.9 Å². The van der Waals surface area contributed by atoms with Gasteiger partial charge in [-0.2, -0.15) is 5.53 Å². The lowest BCUT2D eigenvalue weighted by Crippen LogP contribution is -2.52. The molecule has 0 aromatic heterocycles. The minimum absolute atomic E-state index is 0.183. The molecule has 1 saturated carbocycles. The van der Waals surface area contributed by atoms with Crippen molar-refractivity contribution in [1.82, 2.24) is 26.2 Å². The third-order valence-corrected chi connectivity index (χ3v) is 7.04. The van der Waals surface area contributed by atoms with Crippen molar-refractivity contribution in [2.24, 2.45) is 11.8 Å². The van der Waals surface area contributed by atoms with Crippen LogP contribution in [-0.2, 0) is 11.3 Å². The monoisotopic (exact) mass is 369 g/mol. The van der Waals surface area contributed by atoms with Crippen molar-refractivity contribution in [3.05, 3.63) is 35.9 Å². The van der Waals surface area contributed by atoms with Crippen LogP contribution in [0.2, 0.25) is 0 Å². The molecule has 2 bridgehead atoms. The van der Waals surface area contributed by atoms with E-state index in [1.807, 2.05) is 0 Å². The number of hydrogen-bond acceptors (Lipinski definition) is 5. The van der Waals surface area contributed by atoms with Gasteiger partial charge in [-0.1, -0.05) is 30.3 Å². The van der Waals surface area contributed by atoms with E-state index in [0.717, 1.165) is 45.4 Å². The molecule has 0 spiro atoms. The Labute approximate surface area is 161 Å². The maximum atomic E-state index is 13.4. The van der Waals surface area contributed by atoms with E-state index in [4.69, 9.17) is 0 Å². The van der Waals surface area contributed by atoms with E-state index in [0.29, 0.717) is 30.0 Å². The fraction of sp³-hybridized carbons (Fsp3) is 0.667. The van der Waals surface area contributed by atoms with Gasteiger partial charge in [-0.15, -0.1) is 0 Å². The van der Waals surface area contributed by atoms with Gasteiger partial charge in [0.25, 0.3) is 0 Å². The van der Waals surface area contributed by atoms with Crippen molar-refractivity contribution >= 4 is 5.91 Å². The highest BCUT2D eigenvalue weighted by molar-refractivity contribution is 5.79. The lowest BCUT2D eigenvalue weighted by atomic mass is 9.81. The maximum absolute atomic E-state index is 13.4. The van der Waals surface area contributed by atoms with Gasteiger partial charge in [0.15, 0.2) is 0 Å². The second kappa shape index (κ2) is 7.51. The zero-order chi connectivity index (χ0) is 18.2. The highest BCUT2D eigenvalue weighted by atomic mass is 16.2. The Morgan fingerprint density at radius 3 is 2.70 bits per heavy atom. The molecule has 1 aromatic rings. The molecule has 3 unspecified atom stereocenters. The van der Waals surface area contributed by atoms with Gasteiger partial charge in [0, 0.05) is 50.2 Å². The van der Waals surface area contributed by atoms with Gasteiger partial charge in [0.1, 0.15) is 0 Å². The summed E-state index contributed by atoms with van der Waals surface area (Å²) in [6.45, 7) is 4.12. The van der Waals surface area contributed by atoms with E-state index in [1.54, 1.807) is 0 Å². The quantitative estimate of drug-likeness (QED) is 0.749. The number of carbonyl (C=O) groups is 1. The molecular formula is C21H31N5O. The van der Waals surface area contributed by atoms with Gasteiger partial charge in [0.05, 0.1) is 0 Å². The van der Waals surface area contributed by atoms with E-state index >= 15 is 0 Å². The average Bonchev–Trinajstić information content (AvgIpc) is 3.00. The van der Waals surface area contributed by atoms with Crippen molar-refractivity contribution in [3.63, 3.8) is 0 Å². The number of rotatable bonds is 3. The van der Waals surface area contributed by atoms with Gasteiger partial charge < -0.3 is 4.90 Å². The van der Waals surface area contributed by atoms with Gasteiger partial charge >= 0.3 is 0 Å². The predicted molar refractivity (Wildman–Crippen MR) is 104 cm³/mol. The Morgan fingerprint density at radius 1 is 0.963 bits per heavy atom. The second-order valence-electron chi connectivity index (χ2n) is 8.90. The summed E-state index contributed by atoms with van der Waals surface area (Å²) < 4.78 is 0. The molecule has 0 radical (unpaired) electrons. The molecule has 1 aromatic carbocycles. The lowest BCUT2D eigenvalue weighted by molar-refractivity contribution is -0.141. The van der Waals surface area contributed by atoms with Crippen LogP contribution in [-0.4, -0.2) is 53.5 Å². The smallest absolute Gasteiger partial charge is 0.226 e. The Bertz CT molecular complexity index is 668. The number of hydrazine groups is 2. The van der Waals surface area contributed by atoms with Crippen molar-refractivity contribution in [2.75, 3.05) is 19.6 Å². The van der Waals surface area contributed by atoms with E-state index < -0.39 is 0 Å². The minimum Gasteiger partial charge on any atom is -0.338 e. The number of nitrogens with zero attached hydrogens (tertiary/aromatic N) is 2. The van der Waals surface area contributed by atoms with Crippen molar-refractivity contribution in [2.45, 2.75) is 56.8 Å². The summed E-state index contributed by atoms with van der Waals surface area (Å²) >= 11 is 0. The third-order valence-electron chi connectivity index (χ3n) is 7.04. The molecule has 27 heavy (non-hydrogen) atoms. The molecule has 1 aliphatic carbocycles. The Hall–Kier alpha value is -1.47. The minimum atomic E-state index is 0.183. The first kappa shape index (κ1) is 17.6. The molecule has 146 valence electrons. The topological polar surface area (TPSA) is 59.6 Å². The van der Waals surface area contributed by atoms with Crippen LogP contribution in [0.25, 0.3) is 0 Å².